The summed E-state index contributed by atoms with van der Waals surface area (Å²) in [7, 11) is 0. The molecule has 0 aliphatic rings. The molecule has 7 heteroatoms. The van der Waals surface area contributed by atoms with E-state index in [1.54, 1.807) is 0 Å². The first-order valence-corrected chi connectivity index (χ1v) is 5.24. The second-order valence-corrected chi connectivity index (χ2v) is 3.54. The van der Waals surface area contributed by atoms with Crippen LogP contribution in [0, 0.1) is 0 Å². The van der Waals surface area contributed by atoms with E-state index in [0.29, 0.717) is 0 Å². The lowest BCUT2D eigenvalue weighted by Crippen LogP contribution is -2.05. The predicted molar refractivity (Wildman–Crippen MR) is 53.8 cm³/mol. The van der Waals surface area contributed by atoms with Gasteiger partial charge in [-0.05, 0) is 6.07 Å². The zero-order chi connectivity index (χ0) is 11.6. The lowest BCUT2D eigenvalue weighted by molar-refractivity contribution is 0.0696. The molecule has 0 fully saturated rings. The number of aromatic carboxylic acids is 1. The number of hydrogen-bond acceptors (Lipinski definition) is 2. The Morgan fingerprint density at radius 1 is 1.67 bits per heavy atom. The van der Waals surface area contributed by atoms with E-state index in [1.165, 1.54) is 0 Å². The zero-order valence-corrected chi connectivity index (χ0v) is 9.52. The van der Waals surface area contributed by atoms with E-state index in [0.717, 1.165) is 6.07 Å². The molecule has 0 atom stereocenters. The number of hydrogen-bond donors (Lipinski definition) is 1. The summed E-state index contributed by atoms with van der Waals surface area (Å²) in [5, 5.41) is 8.39. The third-order valence-electron chi connectivity index (χ3n) is 1.61. The van der Waals surface area contributed by atoms with Crippen molar-refractivity contribution in [1.82, 2.24) is 4.98 Å². The van der Waals surface area contributed by atoms with Crippen molar-refractivity contribution < 1.29 is 18.7 Å². The molecule has 0 radical (unpaired) electrons. The third kappa shape index (κ3) is 2.63. The molecule has 1 heterocycles. The van der Waals surface area contributed by atoms with Crippen LogP contribution in [-0.4, -0.2) is 16.1 Å². The van der Waals surface area contributed by atoms with Crippen molar-refractivity contribution in [2.75, 3.05) is 0 Å². The Balaban J connectivity index is 3.40. The molecule has 1 rings (SSSR count). The second kappa shape index (κ2) is 4.85. The predicted octanol–water partition coefficient (Wildman–Crippen LogP) is 3.27. The van der Waals surface area contributed by atoms with Gasteiger partial charge in [0, 0.05) is 5.33 Å². The van der Waals surface area contributed by atoms with Gasteiger partial charge in [-0.2, -0.15) is 0 Å². The maximum atomic E-state index is 12.4. The summed E-state index contributed by atoms with van der Waals surface area (Å²) in [6.07, 6.45) is -2.89. The van der Waals surface area contributed by atoms with Crippen LogP contribution in [0.15, 0.2) is 6.07 Å². The van der Waals surface area contributed by atoms with Crippen molar-refractivity contribution >= 4 is 33.5 Å². The molecule has 1 aromatic rings. The standard InChI is InChI=1S/C8H5BrClF2NO2/c9-2-3-1-4(8(14)15)5(10)6(13-3)7(11)12/h1,7H,2H2,(H,14,15). The molecular formula is C8H5BrClF2NO2. The number of carboxylic acids is 1. The molecule has 82 valence electrons. The molecular weight excluding hydrogens is 295 g/mol. The zero-order valence-electron chi connectivity index (χ0n) is 7.18. The van der Waals surface area contributed by atoms with Gasteiger partial charge >= 0.3 is 5.97 Å². The Morgan fingerprint density at radius 3 is 2.67 bits per heavy atom. The first-order valence-electron chi connectivity index (χ1n) is 3.74. The van der Waals surface area contributed by atoms with Crippen molar-refractivity contribution in [1.29, 1.82) is 0 Å². The van der Waals surface area contributed by atoms with Gasteiger partial charge in [0.1, 0.15) is 5.69 Å². The van der Waals surface area contributed by atoms with Crippen LogP contribution < -0.4 is 0 Å². The van der Waals surface area contributed by atoms with Gasteiger partial charge in [0.2, 0.25) is 0 Å². The second-order valence-electron chi connectivity index (χ2n) is 2.60. The highest BCUT2D eigenvalue weighted by Gasteiger charge is 2.21. The van der Waals surface area contributed by atoms with Gasteiger partial charge in [0.05, 0.1) is 16.3 Å². The van der Waals surface area contributed by atoms with Crippen molar-refractivity contribution in [3.8, 4) is 0 Å². The first-order chi connectivity index (χ1) is 6.97. The van der Waals surface area contributed by atoms with E-state index >= 15 is 0 Å². The topological polar surface area (TPSA) is 50.2 Å². The molecule has 0 unspecified atom stereocenters. The summed E-state index contributed by atoms with van der Waals surface area (Å²) in [6.45, 7) is 0. The lowest BCUT2D eigenvalue weighted by Gasteiger charge is -2.07. The fourth-order valence-corrected chi connectivity index (χ4v) is 1.52. The minimum absolute atomic E-state index is 0.185. The van der Waals surface area contributed by atoms with Gasteiger partial charge in [0.25, 0.3) is 6.43 Å². The van der Waals surface area contributed by atoms with Crippen molar-refractivity contribution in [3.05, 3.63) is 28.0 Å². The van der Waals surface area contributed by atoms with E-state index < -0.39 is 23.1 Å². The minimum Gasteiger partial charge on any atom is -0.478 e. The molecule has 0 spiro atoms. The molecule has 0 bridgehead atoms. The largest absolute Gasteiger partial charge is 0.478 e. The monoisotopic (exact) mass is 299 g/mol. The van der Waals surface area contributed by atoms with Crippen LogP contribution >= 0.6 is 27.5 Å². The van der Waals surface area contributed by atoms with Crippen LogP contribution in [0.2, 0.25) is 5.02 Å². The smallest absolute Gasteiger partial charge is 0.337 e. The minimum atomic E-state index is -2.89. The Bertz CT molecular complexity index is 400. The van der Waals surface area contributed by atoms with E-state index in [2.05, 4.69) is 20.9 Å². The van der Waals surface area contributed by atoms with E-state index in [-0.39, 0.29) is 16.6 Å². The van der Waals surface area contributed by atoms with Crippen LogP contribution in [-0.2, 0) is 5.33 Å². The Kier molecular flexibility index (Phi) is 3.98. The lowest BCUT2D eigenvalue weighted by atomic mass is 10.2. The maximum absolute atomic E-state index is 12.4. The van der Waals surface area contributed by atoms with Crippen molar-refractivity contribution in [2.45, 2.75) is 11.8 Å². The van der Waals surface area contributed by atoms with E-state index in [1.807, 2.05) is 0 Å². The normalized spacial score (nSPS) is 10.7. The summed E-state index contributed by atoms with van der Waals surface area (Å²) >= 11 is 8.49. The molecule has 3 nitrogen and oxygen atoms in total. The fraction of sp³-hybridized carbons (Fsp3) is 0.250. The number of aromatic nitrogens is 1. The molecule has 0 aromatic carbocycles. The van der Waals surface area contributed by atoms with Crippen LogP contribution in [0.3, 0.4) is 0 Å². The van der Waals surface area contributed by atoms with Gasteiger partial charge in [-0.1, -0.05) is 27.5 Å². The average Bonchev–Trinajstić information content (AvgIpc) is 2.17. The van der Waals surface area contributed by atoms with Crippen LogP contribution in [0.4, 0.5) is 8.78 Å². The molecule has 0 aliphatic heterocycles. The van der Waals surface area contributed by atoms with Crippen LogP contribution in [0.25, 0.3) is 0 Å². The third-order valence-corrected chi connectivity index (χ3v) is 2.58. The molecule has 1 aromatic heterocycles. The molecule has 0 saturated carbocycles. The number of rotatable bonds is 3. The highest BCUT2D eigenvalue weighted by molar-refractivity contribution is 9.08. The maximum Gasteiger partial charge on any atom is 0.337 e. The molecule has 15 heavy (non-hydrogen) atoms. The average molecular weight is 300 g/mol. The summed E-state index contributed by atoms with van der Waals surface area (Å²) in [5.41, 5.74) is -0.866. The summed E-state index contributed by atoms with van der Waals surface area (Å²) in [5.74, 6) is -1.36. The SMILES string of the molecule is O=C(O)c1cc(CBr)nc(C(F)F)c1Cl. The number of pyridine rings is 1. The number of alkyl halides is 3. The number of carboxylic acid groups (broad SMARTS) is 1. The van der Waals surface area contributed by atoms with Gasteiger partial charge in [-0.25, -0.2) is 18.6 Å². The number of nitrogens with zero attached hydrogens (tertiary/aromatic N) is 1. The van der Waals surface area contributed by atoms with Crippen molar-refractivity contribution in [3.63, 3.8) is 0 Å². The summed E-state index contributed by atoms with van der Waals surface area (Å²) in [6, 6.07) is 1.16. The summed E-state index contributed by atoms with van der Waals surface area (Å²) in [4.78, 5) is 14.2. The molecule has 0 saturated heterocycles. The Morgan fingerprint density at radius 2 is 2.27 bits per heavy atom. The van der Waals surface area contributed by atoms with Gasteiger partial charge in [0.15, 0.2) is 0 Å². The van der Waals surface area contributed by atoms with Gasteiger partial charge < -0.3 is 5.11 Å². The van der Waals surface area contributed by atoms with Gasteiger partial charge in [-0.3, -0.25) is 0 Å². The Labute approximate surface area is 97.2 Å². The molecule has 0 amide bonds. The summed E-state index contributed by atoms with van der Waals surface area (Å²) < 4.78 is 24.9. The van der Waals surface area contributed by atoms with E-state index in [4.69, 9.17) is 16.7 Å². The first kappa shape index (κ1) is 12.3. The quantitative estimate of drug-likeness (QED) is 0.872. The van der Waals surface area contributed by atoms with Crippen LogP contribution in [0.5, 0.6) is 0 Å². The molecule has 1 N–H and O–H groups in total. The molecule has 0 aliphatic carbocycles. The van der Waals surface area contributed by atoms with Crippen molar-refractivity contribution in [2.24, 2.45) is 0 Å². The highest BCUT2D eigenvalue weighted by Crippen LogP contribution is 2.29. The van der Waals surface area contributed by atoms with Gasteiger partial charge in [-0.15, -0.1) is 0 Å². The Hall–Kier alpha value is -0.750. The van der Waals surface area contributed by atoms with Crippen LogP contribution in [0.1, 0.15) is 28.2 Å². The number of carbonyl (C=O) groups is 1. The number of halogens is 4. The highest BCUT2D eigenvalue weighted by atomic mass is 79.9. The fourth-order valence-electron chi connectivity index (χ4n) is 0.973. The van der Waals surface area contributed by atoms with E-state index in [9.17, 15) is 13.6 Å².